The van der Waals surface area contributed by atoms with Crippen molar-refractivity contribution < 1.29 is 28.8 Å². The molecular weight excluding hydrogens is 705 g/mol. The van der Waals surface area contributed by atoms with Crippen LogP contribution in [0.15, 0.2) is 70.7 Å². The summed E-state index contributed by atoms with van der Waals surface area (Å²) in [5, 5.41) is 12.5. The summed E-state index contributed by atoms with van der Waals surface area (Å²) in [5.74, 6) is -2.40. The van der Waals surface area contributed by atoms with Crippen LogP contribution in [-0.4, -0.2) is 70.6 Å². The Kier molecular flexibility index (Phi) is 14.8. The standard InChI is InChI=1S/C36H42N8O6S2/c1-21(45)43-27(33(37)47)11-3-5-13-41-35(49)25-17-23-9-7-15-39-31(23)29(19-25)51-52-30-20-26(18-24-10-8-16-40-32(24)30)36(50)42-14-6-4-12-28(34(38)48)44-22(2)46/h7-10,15-20,27-28H,3-6,11-14H2,1-2H3,(H2,37,47)(H2,38,48)(H,41,49)(H,42,50)(H,43,45)(H,44,46)/t27-,28+. The molecule has 0 spiro atoms. The van der Waals surface area contributed by atoms with Gasteiger partial charge in [-0.05, 0) is 74.9 Å². The van der Waals surface area contributed by atoms with Gasteiger partial charge in [0.2, 0.25) is 23.6 Å². The minimum Gasteiger partial charge on any atom is -0.368 e. The average molecular weight is 747 g/mol. The van der Waals surface area contributed by atoms with E-state index in [1.165, 1.54) is 35.4 Å². The minimum atomic E-state index is -0.752. The van der Waals surface area contributed by atoms with Gasteiger partial charge >= 0.3 is 0 Å². The van der Waals surface area contributed by atoms with Gasteiger partial charge in [-0.1, -0.05) is 33.7 Å². The molecule has 52 heavy (non-hydrogen) atoms. The van der Waals surface area contributed by atoms with Crippen LogP contribution in [0.5, 0.6) is 0 Å². The third-order valence-corrected chi connectivity index (χ3v) is 10.3. The highest BCUT2D eigenvalue weighted by Crippen LogP contribution is 2.43. The Morgan fingerprint density at radius 3 is 1.40 bits per heavy atom. The number of unbranched alkanes of at least 4 members (excludes halogenated alkanes) is 2. The van der Waals surface area contributed by atoms with Gasteiger partial charge in [0.15, 0.2) is 0 Å². The lowest BCUT2D eigenvalue weighted by atomic mass is 10.1. The van der Waals surface area contributed by atoms with Crippen LogP contribution in [0.3, 0.4) is 0 Å². The molecule has 8 N–H and O–H groups in total. The maximum absolute atomic E-state index is 13.2. The van der Waals surface area contributed by atoms with E-state index >= 15 is 0 Å². The number of hydrogen-bond acceptors (Lipinski definition) is 10. The number of nitrogens with one attached hydrogen (secondary N) is 4. The Morgan fingerprint density at radius 2 is 1.04 bits per heavy atom. The van der Waals surface area contributed by atoms with Crippen molar-refractivity contribution in [2.75, 3.05) is 13.1 Å². The van der Waals surface area contributed by atoms with E-state index in [1.807, 2.05) is 12.1 Å². The molecule has 2 atom stereocenters. The Hall–Kier alpha value is -5.22. The summed E-state index contributed by atoms with van der Waals surface area (Å²) in [6, 6.07) is 13.0. The Morgan fingerprint density at radius 1 is 0.635 bits per heavy atom. The second kappa shape index (κ2) is 19.4. The van der Waals surface area contributed by atoms with Crippen molar-refractivity contribution in [3.8, 4) is 0 Å². The van der Waals surface area contributed by atoms with Gasteiger partial charge in [0, 0.05) is 71.0 Å². The van der Waals surface area contributed by atoms with E-state index < -0.39 is 23.9 Å². The van der Waals surface area contributed by atoms with E-state index in [2.05, 4.69) is 31.2 Å². The quantitative estimate of drug-likeness (QED) is 0.0606. The van der Waals surface area contributed by atoms with Crippen LogP contribution >= 0.6 is 21.6 Å². The lowest BCUT2D eigenvalue weighted by molar-refractivity contribution is -0.126. The molecule has 0 unspecified atom stereocenters. The van der Waals surface area contributed by atoms with E-state index in [0.29, 0.717) is 62.7 Å². The number of benzene rings is 2. The van der Waals surface area contributed by atoms with Crippen LogP contribution < -0.4 is 32.7 Å². The molecule has 0 aliphatic carbocycles. The summed E-state index contributed by atoms with van der Waals surface area (Å²) in [4.78, 5) is 82.9. The SMILES string of the molecule is CC(=O)N[C@@H](CCCCNC(=O)c1cc(SSc2cc(C(=O)NCCCC[C@@H](NC(C)=O)C(N)=O)cc3cccnc23)c2ncccc2c1)C(N)=O. The summed E-state index contributed by atoms with van der Waals surface area (Å²) in [5.41, 5.74) is 13.1. The highest BCUT2D eigenvalue weighted by Gasteiger charge is 2.18. The predicted molar refractivity (Wildman–Crippen MR) is 201 cm³/mol. The van der Waals surface area contributed by atoms with Gasteiger partial charge in [0.05, 0.1) is 11.0 Å². The molecule has 6 amide bonds. The highest BCUT2D eigenvalue weighted by atomic mass is 33.1. The number of nitrogens with zero attached hydrogens (tertiary/aromatic N) is 2. The van der Waals surface area contributed by atoms with Crippen molar-refractivity contribution in [3.63, 3.8) is 0 Å². The number of pyridine rings is 2. The summed E-state index contributed by atoms with van der Waals surface area (Å²) in [7, 11) is 2.81. The number of amides is 6. The number of primary amides is 2. The Bertz CT molecular complexity index is 1820. The number of rotatable bonds is 19. The fourth-order valence-corrected chi connectivity index (χ4v) is 7.74. The Balaban J connectivity index is 1.42. The van der Waals surface area contributed by atoms with Crippen molar-refractivity contribution in [1.29, 1.82) is 0 Å². The number of fused-ring (bicyclic) bond motifs is 2. The lowest BCUT2D eigenvalue weighted by Crippen LogP contribution is -2.43. The van der Waals surface area contributed by atoms with Gasteiger partial charge in [0.1, 0.15) is 12.1 Å². The predicted octanol–water partition coefficient (Wildman–Crippen LogP) is 3.36. The maximum Gasteiger partial charge on any atom is 0.251 e. The summed E-state index contributed by atoms with van der Waals surface area (Å²) >= 11 is 0. The molecular formula is C36H42N8O6S2. The molecule has 2 aromatic heterocycles. The van der Waals surface area contributed by atoms with Gasteiger partial charge < -0.3 is 32.7 Å². The number of aromatic nitrogens is 2. The fourth-order valence-electron chi connectivity index (χ4n) is 5.41. The van der Waals surface area contributed by atoms with Crippen LogP contribution in [0, 0.1) is 0 Å². The molecule has 0 fully saturated rings. The van der Waals surface area contributed by atoms with Crippen LogP contribution in [-0.2, 0) is 19.2 Å². The number of carbonyl (C=O) groups is 6. The molecule has 0 saturated heterocycles. The van der Waals surface area contributed by atoms with E-state index in [0.717, 1.165) is 31.6 Å². The molecule has 4 rings (SSSR count). The van der Waals surface area contributed by atoms with Crippen molar-refractivity contribution >= 4 is 78.8 Å². The van der Waals surface area contributed by atoms with Gasteiger partial charge in [-0.25, -0.2) is 0 Å². The van der Waals surface area contributed by atoms with Crippen LogP contribution in [0.25, 0.3) is 21.8 Å². The fraction of sp³-hybridized carbons (Fsp3) is 0.333. The van der Waals surface area contributed by atoms with E-state index in [1.54, 1.807) is 48.8 Å². The number of hydrogen-bond donors (Lipinski definition) is 6. The van der Waals surface area contributed by atoms with Crippen LogP contribution in [0.1, 0.15) is 73.1 Å². The van der Waals surface area contributed by atoms with Crippen LogP contribution in [0.2, 0.25) is 0 Å². The van der Waals surface area contributed by atoms with Crippen molar-refractivity contribution in [1.82, 2.24) is 31.2 Å². The molecule has 2 heterocycles. The van der Waals surface area contributed by atoms with Gasteiger partial charge in [-0.3, -0.25) is 38.7 Å². The van der Waals surface area contributed by atoms with Gasteiger partial charge in [-0.15, -0.1) is 0 Å². The molecule has 0 aliphatic heterocycles. The number of nitrogens with two attached hydrogens (primary N) is 2. The highest BCUT2D eigenvalue weighted by molar-refractivity contribution is 8.76. The van der Waals surface area contributed by atoms with Crippen molar-refractivity contribution in [2.45, 2.75) is 74.2 Å². The first-order valence-electron chi connectivity index (χ1n) is 16.7. The van der Waals surface area contributed by atoms with E-state index in [-0.39, 0.29) is 23.6 Å². The lowest BCUT2D eigenvalue weighted by Gasteiger charge is -2.14. The van der Waals surface area contributed by atoms with Crippen LogP contribution in [0.4, 0.5) is 0 Å². The van der Waals surface area contributed by atoms with E-state index in [4.69, 9.17) is 11.5 Å². The van der Waals surface area contributed by atoms with Gasteiger partial charge in [0.25, 0.3) is 11.8 Å². The molecule has 274 valence electrons. The smallest absolute Gasteiger partial charge is 0.251 e. The van der Waals surface area contributed by atoms with E-state index in [9.17, 15) is 28.8 Å². The summed E-state index contributed by atoms with van der Waals surface area (Å²) in [6.45, 7) is 3.38. The van der Waals surface area contributed by atoms with Crippen molar-refractivity contribution in [3.05, 3.63) is 72.1 Å². The normalized spacial score (nSPS) is 12.1. The molecule has 2 aromatic carbocycles. The van der Waals surface area contributed by atoms with Gasteiger partial charge in [-0.2, -0.15) is 0 Å². The third kappa shape index (κ3) is 11.7. The third-order valence-electron chi connectivity index (χ3n) is 7.94. The molecule has 4 aromatic rings. The molecule has 0 aliphatic rings. The zero-order chi connectivity index (χ0) is 37.6. The first-order chi connectivity index (χ1) is 24.9. The molecule has 0 radical (unpaired) electrons. The minimum absolute atomic E-state index is 0.267. The monoisotopic (exact) mass is 746 g/mol. The topological polar surface area (TPSA) is 228 Å². The second-order valence-electron chi connectivity index (χ2n) is 12.1. The molecule has 0 bridgehead atoms. The Labute approximate surface area is 308 Å². The molecule has 16 heteroatoms. The zero-order valence-corrected chi connectivity index (χ0v) is 30.5. The maximum atomic E-state index is 13.2. The second-order valence-corrected chi connectivity index (χ2v) is 14.3. The summed E-state index contributed by atoms with van der Waals surface area (Å²) in [6.07, 6.45) is 6.43. The van der Waals surface area contributed by atoms with Crippen molar-refractivity contribution in [2.24, 2.45) is 11.5 Å². The summed E-state index contributed by atoms with van der Waals surface area (Å²) < 4.78 is 0. The number of carbonyl (C=O) groups excluding carboxylic acids is 6. The first-order valence-corrected chi connectivity index (χ1v) is 18.9. The first kappa shape index (κ1) is 39.6. The largest absolute Gasteiger partial charge is 0.368 e. The average Bonchev–Trinajstić information content (AvgIpc) is 3.11. The molecule has 14 nitrogen and oxygen atoms in total. The molecule has 0 saturated carbocycles. The zero-order valence-electron chi connectivity index (χ0n) is 28.9.